The van der Waals surface area contributed by atoms with Gasteiger partial charge in [-0.15, -0.1) is 11.3 Å². The molecular formula is C40H67N3O3S. The first-order valence-corrected chi connectivity index (χ1v) is 18.6. The van der Waals surface area contributed by atoms with E-state index in [0.717, 1.165) is 68.9 Å². The van der Waals surface area contributed by atoms with Crippen LogP contribution in [0, 0.1) is 23.7 Å². The molecule has 0 spiro atoms. The van der Waals surface area contributed by atoms with Gasteiger partial charge in [0, 0.05) is 54.8 Å². The fraction of sp³-hybridized carbons (Fsp3) is 0.700. The molecule has 4 rings (SSSR count). The van der Waals surface area contributed by atoms with Gasteiger partial charge in [-0.05, 0) is 83.7 Å². The molecule has 0 saturated carbocycles. The molecule has 266 valence electrons. The summed E-state index contributed by atoms with van der Waals surface area (Å²) in [6.07, 6.45) is 10.1. The quantitative estimate of drug-likeness (QED) is 0.223. The first kappa shape index (κ1) is 42.6. The number of ketones is 2. The van der Waals surface area contributed by atoms with Crippen molar-refractivity contribution in [2.24, 2.45) is 23.7 Å². The summed E-state index contributed by atoms with van der Waals surface area (Å²) in [5.41, 5.74) is 2.14. The third-order valence-electron chi connectivity index (χ3n) is 8.94. The summed E-state index contributed by atoms with van der Waals surface area (Å²) in [7, 11) is 2.16. The smallest absolute Gasteiger partial charge is 0.222 e. The maximum atomic E-state index is 12.0. The molecule has 7 heteroatoms. The van der Waals surface area contributed by atoms with Crippen LogP contribution in [0.2, 0.25) is 0 Å². The third-order valence-corrected chi connectivity index (χ3v) is 9.83. The summed E-state index contributed by atoms with van der Waals surface area (Å²) >= 11 is 1.43. The fourth-order valence-electron chi connectivity index (χ4n) is 5.92. The van der Waals surface area contributed by atoms with Crippen LogP contribution in [-0.4, -0.2) is 64.5 Å². The Morgan fingerprint density at radius 2 is 1.51 bits per heavy atom. The van der Waals surface area contributed by atoms with Crippen molar-refractivity contribution < 1.29 is 14.4 Å². The maximum absolute atomic E-state index is 12.0. The van der Waals surface area contributed by atoms with Gasteiger partial charge >= 0.3 is 0 Å². The Labute approximate surface area is 292 Å². The van der Waals surface area contributed by atoms with Crippen LogP contribution >= 0.6 is 11.3 Å². The lowest BCUT2D eigenvalue weighted by atomic mass is 9.79. The summed E-state index contributed by atoms with van der Waals surface area (Å²) in [5, 5.41) is 2.57. The van der Waals surface area contributed by atoms with E-state index in [1.54, 1.807) is 0 Å². The van der Waals surface area contributed by atoms with Crippen molar-refractivity contribution in [1.29, 1.82) is 0 Å². The number of hydrogen-bond acceptors (Lipinski definition) is 6. The number of piperidine rings is 2. The van der Waals surface area contributed by atoms with Crippen molar-refractivity contribution in [1.82, 2.24) is 14.8 Å². The fourth-order valence-corrected chi connectivity index (χ4v) is 6.70. The Kier molecular flexibility index (Phi) is 19.6. The second kappa shape index (κ2) is 21.6. The van der Waals surface area contributed by atoms with Gasteiger partial charge in [0.15, 0.2) is 10.8 Å². The van der Waals surface area contributed by atoms with Crippen LogP contribution in [0.1, 0.15) is 137 Å². The summed E-state index contributed by atoms with van der Waals surface area (Å²) in [4.78, 5) is 44.4. The Balaban J connectivity index is 0.000000351. The number of Topliss-reactive ketones (excluding diaryl/α,β-unsaturated/α-hetero) is 2. The topological polar surface area (TPSA) is 70.6 Å². The number of hydrogen-bond donors (Lipinski definition) is 0. The van der Waals surface area contributed by atoms with Crippen LogP contribution in [0.15, 0.2) is 35.7 Å². The summed E-state index contributed by atoms with van der Waals surface area (Å²) in [6.45, 7) is 20.3. The lowest BCUT2D eigenvalue weighted by Crippen LogP contribution is -2.49. The largest absolute Gasteiger partial charge is 0.343 e. The van der Waals surface area contributed by atoms with Crippen molar-refractivity contribution in [3.63, 3.8) is 0 Å². The normalized spacial score (nSPS) is 17.7. The molecular weight excluding hydrogens is 603 g/mol. The van der Waals surface area contributed by atoms with E-state index in [4.69, 9.17) is 0 Å². The molecule has 2 fully saturated rings. The van der Waals surface area contributed by atoms with Crippen LogP contribution < -0.4 is 0 Å². The van der Waals surface area contributed by atoms with Gasteiger partial charge in [0.05, 0.1) is 5.69 Å². The number of rotatable bonds is 11. The third kappa shape index (κ3) is 16.0. The van der Waals surface area contributed by atoms with E-state index in [1.165, 1.54) is 37.0 Å². The summed E-state index contributed by atoms with van der Waals surface area (Å²) in [5.74, 6) is 2.92. The zero-order valence-electron chi connectivity index (χ0n) is 30.4. The van der Waals surface area contributed by atoms with Crippen LogP contribution in [-0.2, 0) is 9.59 Å². The van der Waals surface area contributed by atoms with Gasteiger partial charge in [-0.25, -0.2) is 4.98 Å². The number of likely N-dealkylation sites (tertiary alicyclic amines) is 2. The van der Waals surface area contributed by atoms with Gasteiger partial charge in [-0.1, -0.05) is 85.7 Å². The Morgan fingerprint density at radius 1 is 0.894 bits per heavy atom. The van der Waals surface area contributed by atoms with Gasteiger partial charge in [0.1, 0.15) is 5.78 Å². The van der Waals surface area contributed by atoms with E-state index in [-0.39, 0.29) is 18.7 Å². The van der Waals surface area contributed by atoms with Crippen molar-refractivity contribution in [2.75, 3.05) is 26.7 Å². The van der Waals surface area contributed by atoms with Crippen LogP contribution in [0.5, 0.6) is 0 Å². The van der Waals surface area contributed by atoms with Crippen LogP contribution in [0.4, 0.5) is 0 Å². The average Bonchev–Trinajstić information content (AvgIpc) is 3.50. The second-order valence-electron chi connectivity index (χ2n) is 15.1. The van der Waals surface area contributed by atoms with E-state index in [1.807, 2.05) is 54.5 Å². The molecule has 6 nitrogen and oxygen atoms in total. The molecule has 1 unspecified atom stereocenters. The zero-order valence-corrected chi connectivity index (χ0v) is 31.3. The lowest BCUT2D eigenvalue weighted by Gasteiger charge is -2.43. The first-order valence-electron chi connectivity index (χ1n) is 17.8. The molecule has 0 bridgehead atoms. The summed E-state index contributed by atoms with van der Waals surface area (Å²) < 4.78 is 0. The average molecular weight is 670 g/mol. The number of benzene rings is 1. The minimum atomic E-state index is 0. The molecule has 1 amide bonds. The van der Waals surface area contributed by atoms with E-state index in [2.05, 4.69) is 58.5 Å². The van der Waals surface area contributed by atoms with Gasteiger partial charge in [0.25, 0.3) is 0 Å². The predicted octanol–water partition coefficient (Wildman–Crippen LogP) is 10.2. The molecule has 1 atom stereocenters. The van der Waals surface area contributed by atoms with E-state index in [9.17, 15) is 14.4 Å². The van der Waals surface area contributed by atoms with Gasteiger partial charge in [-0.2, -0.15) is 0 Å². The Hall–Kier alpha value is -2.38. The van der Waals surface area contributed by atoms with Gasteiger partial charge in [0.2, 0.25) is 5.91 Å². The minimum absolute atomic E-state index is 0. The predicted molar refractivity (Wildman–Crippen MR) is 201 cm³/mol. The SMILES string of the molecule is C.CC(C)CC(=O)C1CCN(C)C(C)(C)C1.CC(C)CC(=O)c1nc(-c2ccccc2)cs1.CC(C)CCCC(=O)N1CCCCC1. The Bertz CT molecular complexity index is 1180. The second-order valence-corrected chi connectivity index (χ2v) is 16.0. The number of nitrogens with zero attached hydrogens (tertiary/aromatic N) is 3. The van der Waals surface area contributed by atoms with Gasteiger partial charge < -0.3 is 9.80 Å². The lowest BCUT2D eigenvalue weighted by molar-refractivity contribution is -0.132. The van der Waals surface area contributed by atoms with Crippen molar-refractivity contribution in [2.45, 2.75) is 133 Å². The minimum Gasteiger partial charge on any atom is -0.343 e. The highest BCUT2D eigenvalue weighted by Crippen LogP contribution is 2.31. The van der Waals surface area contributed by atoms with E-state index in [0.29, 0.717) is 40.9 Å². The van der Waals surface area contributed by atoms with Crippen LogP contribution in [0.25, 0.3) is 11.3 Å². The Morgan fingerprint density at radius 3 is 2.06 bits per heavy atom. The number of amides is 1. The van der Waals surface area contributed by atoms with Crippen molar-refractivity contribution >= 4 is 28.8 Å². The molecule has 0 radical (unpaired) electrons. The van der Waals surface area contributed by atoms with E-state index >= 15 is 0 Å². The highest BCUT2D eigenvalue weighted by Gasteiger charge is 2.35. The van der Waals surface area contributed by atoms with Crippen molar-refractivity contribution in [3.05, 3.63) is 40.7 Å². The highest BCUT2D eigenvalue weighted by atomic mass is 32.1. The van der Waals surface area contributed by atoms with Gasteiger partial charge in [-0.3, -0.25) is 14.4 Å². The summed E-state index contributed by atoms with van der Waals surface area (Å²) in [6, 6.07) is 9.94. The monoisotopic (exact) mass is 669 g/mol. The molecule has 47 heavy (non-hydrogen) atoms. The molecule has 2 aliphatic rings. The number of aromatic nitrogens is 1. The molecule has 2 saturated heterocycles. The molecule has 1 aromatic carbocycles. The molecule has 2 aromatic rings. The highest BCUT2D eigenvalue weighted by molar-refractivity contribution is 7.12. The first-order chi connectivity index (χ1) is 21.7. The van der Waals surface area contributed by atoms with Crippen molar-refractivity contribution in [3.8, 4) is 11.3 Å². The molecule has 0 N–H and O–H groups in total. The number of carbonyl (C=O) groups excluding carboxylic acids is 3. The molecule has 1 aromatic heterocycles. The molecule has 0 aliphatic carbocycles. The number of thiazole rings is 1. The zero-order chi connectivity index (χ0) is 34.3. The molecule has 2 aliphatic heterocycles. The molecule has 3 heterocycles. The maximum Gasteiger partial charge on any atom is 0.222 e. The van der Waals surface area contributed by atoms with E-state index < -0.39 is 0 Å². The number of carbonyl (C=O) groups is 3. The standard InChI is InChI=1S/C14H15NOS.C13H25NO.C12H23NO.CH4/c1-10(2)8-13(16)14-15-12(9-17-14)11-6-4-3-5-7-11;1-10(2)8-12(15)11-6-7-14(5)13(3,4)9-11;1-11(2)7-6-8-12(14)13-9-4-3-5-10-13;/h3-7,9-10H,8H2,1-2H3;10-11H,6-9H2,1-5H3;11H,3-10H2,1-2H3;1H4. The van der Waals surface area contributed by atoms with Crippen LogP contribution in [0.3, 0.4) is 0 Å².